The molecule has 0 aromatic heterocycles. The molecule has 2 fully saturated rings. The third-order valence-corrected chi connectivity index (χ3v) is 2.78. The fourth-order valence-electron chi connectivity index (χ4n) is 2.22. The first-order chi connectivity index (χ1) is 6.78. The van der Waals surface area contributed by atoms with Crippen LogP contribution in [-0.4, -0.2) is 24.8 Å². The summed E-state index contributed by atoms with van der Waals surface area (Å²) in [7, 11) is 0. The second-order valence-corrected chi connectivity index (χ2v) is 3.92. The molecule has 2 aliphatic rings. The molecule has 2 saturated heterocycles. The van der Waals surface area contributed by atoms with E-state index in [1.807, 2.05) is 6.92 Å². The van der Waals surface area contributed by atoms with Crippen molar-refractivity contribution in [2.24, 2.45) is 0 Å². The van der Waals surface area contributed by atoms with Gasteiger partial charge in [-0.2, -0.15) is 0 Å². The van der Waals surface area contributed by atoms with E-state index in [0.29, 0.717) is 18.8 Å². The van der Waals surface area contributed by atoms with Crippen LogP contribution in [0.1, 0.15) is 32.6 Å². The molecule has 0 radical (unpaired) electrons. The van der Waals surface area contributed by atoms with Crippen LogP contribution in [0.4, 0.5) is 0 Å². The highest BCUT2D eigenvalue weighted by Gasteiger charge is 2.31. The summed E-state index contributed by atoms with van der Waals surface area (Å²) < 4.78 is 10.6. The van der Waals surface area contributed by atoms with Crippen LogP contribution in [0.25, 0.3) is 0 Å². The van der Waals surface area contributed by atoms with Crippen LogP contribution >= 0.6 is 0 Å². The number of ether oxygens (including phenoxy) is 2. The second kappa shape index (κ2) is 4.13. The molecular weight excluding hydrogens is 180 g/mol. The van der Waals surface area contributed by atoms with Gasteiger partial charge in [-0.05, 0) is 32.6 Å². The van der Waals surface area contributed by atoms with Crippen LogP contribution in [0.3, 0.4) is 0 Å². The summed E-state index contributed by atoms with van der Waals surface area (Å²) in [5.74, 6) is -0.205. The standard InChI is InChI=1S/C11H16O3/c1-2-13-11(12)7-8-5-9-3-4-10(6-8)14-9/h7,9-10H,2-6H2,1H3. The zero-order chi connectivity index (χ0) is 9.97. The van der Waals surface area contributed by atoms with Gasteiger partial charge in [-0.1, -0.05) is 5.57 Å². The molecule has 3 heteroatoms. The van der Waals surface area contributed by atoms with E-state index < -0.39 is 0 Å². The molecule has 0 spiro atoms. The maximum Gasteiger partial charge on any atom is 0.330 e. The Balaban J connectivity index is 1.95. The predicted octanol–water partition coefficient (Wildman–Crippen LogP) is 1.82. The quantitative estimate of drug-likeness (QED) is 0.499. The second-order valence-electron chi connectivity index (χ2n) is 3.92. The van der Waals surface area contributed by atoms with E-state index >= 15 is 0 Å². The summed E-state index contributed by atoms with van der Waals surface area (Å²) >= 11 is 0. The van der Waals surface area contributed by atoms with Crippen molar-refractivity contribution in [2.45, 2.75) is 44.8 Å². The summed E-state index contributed by atoms with van der Waals surface area (Å²) in [5.41, 5.74) is 1.20. The molecule has 0 saturated carbocycles. The SMILES string of the molecule is CCOC(=O)C=C1CC2CCC(C1)O2. The Kier molecular flexibility index (Phi) is 2.87. The highest BCUT2D eigenvalue weighted by molar-refractivity contribution is 5.82. The van der Waals surface area contributed by atoms with Gasteiger partial charge in [0.05, 0.1) is 18.8 Å². The van der Waals surface area contributed by atoms with Gasteiger partial charge < -0.3 is 9.47 Å². The molecule has 0 aliphatic carbocycles. The highest BCUT2D eigenvalue weighted by atomic mass is 16.5. The van der Waals surface area contributed by atoms with Crippen molar-refractivity contribution in [3.63, 3.8) is 0 Å². The minimum absolute atomic E-state index is 0.205. The van der Waals surface area contributed by atoms with Crippen LogP contribution in [0.2, 0.25) is 0 Å². The monoisotopic (exact) mass is 196 g/mol. The van der Waals surface area contributed by atoms with E-state index in [1.165, 1.54) is 5.57 Å². The molecule has 2 unspecified atom stereocenters. The fraction of sp³-hybridized carbons (Fsp3) is 0.727. The van der Waals surface area contributed by atoms with Crippen LogP contribution in [0.15, 0.2) is 11.6 Å². The van der Waals surface area contributed by atoms with Gasteiger partial charge in [0, 0.05) is 6.08 Å². The van der Waals surface area contributed by atoms with Gasteiger partial charge in [0.1, 0.15) is 0 Å². The van der Waals surface area contributed by atoms with Gasteiger partial charge in [-0.15, -0.1) is 0 Å². The Morgan fingerprint density at radius 2 is 2.14 bits per heavy atom. The van der Waals surface area contributed by atoms with Crippen LogP contribution in [-0.2, 0) is 14.3 Å². The molecule has 3 nitrogen and oxygen atoms in total. The number of rotatable bonds is 2. The Morgan fingerprint density at radius 1 is 1.50 bits per heavy atom. The van der Waals surface area contributed by atoms with Crippen molar-refractivity contribution in [1.82, 2.24) is 0 Å². The summed E-state index contributed by atoms with van der Waals surface area (Å²) in [6.45, 7) is 2.27. The van der Waals surface area contributed by atoms with Gasteiger partial charge in [-0.3, -0.25) is 0 Å². The first kappa shape index (κ1) is 9.71. The van der Waals surface area contributed by atoms with E-state index in [-0.39, 0.29) is 5.97 Å². The maximum absolute atomic E-state index is 11.2. The first-order valence-electron chi connectivity index (χ1n) is 5.29. The van der Waals surface area contributed by atoms with Gasteiger partial charge in [-0.25, -0.2) is 4.79 Å². The molecule has 2 rings (SSSR count). The molecule has 0 N–H and O–H groups in total. The zero-order valence-electron chi connectivity index (χ0n) is 8.49. The molecule has 0 amide bonds. The van der Waals surface area contributed by atoms with E-state index in [0.717, 1.165) is 25.7 Å². The molecule has 2 heterocycles. The summed E-state index contributed by atoms with van der Waals surface area (Å²) in [5, 5.41) is 0. The Labute approximate surface area is 84.1 Å². The normalized spacial score (nSPS) is 30.2. The van der Waals surface area contributed by atoms with Crippen molar-refractivity contribution < 1.29 is 14.3 Å². The third-order valence-electron chi connectivity index (χ3n) is 2.78. The molecule has 14 heavy (non-hydrogen) atoms. The highest BCUT2D eigenvalue weighted by Crippen LogP contribution is 2.35. The van der Waals surface area contributed by atoms with Gasteiger partial charge in [0.15, 0.2) is 0 Å². The molecule has 78 valence electrons. The van der Waals surface area contributed by atoms with Crippen molar-refractivity contribution in [3.05, 3.63) is 11.6 Å². The smallest absolute Gasteiger partial charge is 0.330 e. The van der Waals surface area contributed by atoms with Gasteiger partial charge in [0.25, 0.3) is 0 Å². The minimum atomic E-state index is -0.205. The number of hydrogen-bond donors (Lipinski definition) is 0. The number of hydrogen-bond acceptors (Lipinski definition) is 3. The van der Waals surface area contributed by atoms with Crippen LogP contribution < -0.4 is 0 Å². The average molecular weight is 196 g/mol. The van der Waals surface area contributed by atoms with E-state index in [1.54, 1.807) is 6.08 Å². The van der Waals surface area contributed by atoms with E-state index in [9.17, 15) is 4.79 Å². The maximum atomic E-state index is 11.2. The summed E-state index contributed by atoms with van der Waals surface area (Å²) in [4.78, 5) is 11.2. The lowest BCUT2D eigenvalue weighted by Gasteiger charge is -2.22. The van der Waals surface area contributed by atoms with Crippen LogP contribution in [0.5, 0.6) is 0 Å². The lowest BCUT2D eigenvalue weighted by molar-refractivity contribution is -0.137. The summed E-state index contributed by atoms with van der Waals surface area (Å²) in [6, 6.07) is 0. The number of carbonyl (C=O) groups is 1. The van der Waals surface area contributed by atoms with Gasteiger partial charge >= 0.3 is 5.97 Å². The Morgan fingerprint density at radius 3 is 2.71 bits per heavy atom. The van der Waals surface area contributed by atoms with Crippen molar-refractivity contribution in [2.75, 3.05) is 6.61 Å². The molecule has 0 aromatic rings. The fourth-order valence-corrected chi connectivity index (χ4v) is 2.22. The van der Waals surface area contributed by atoms with E-state index in [4.69, 9.17) is 9.47 Å². The Hall–Kier alpha value is -0.830. The molecule has 2 atom stereocenters. The largest absolute Gasteiger partial charge is 0.463 e. The molecule has 0 aromatic carbocycles. The zero-order valence-corrected chi connectivity index (χ0v) is 8.49. The van der Waals surface area contributed by atoms with Crippen molar-refractivity contribution in [3.8, 4) is 0 Å². The average Bonchev–Trinajstić information content (AvgIpc) is 2.46. The Bertz CT molecular complexity index is 243. The molecule has 2 aliphatic heterocycles. The first-order valence-corrected chi connectivity index (χ1v) is 5.29. The minimum Gasteiger partial charge on any atom is -0.463 e. The number of carbonyl (C=O) groups excluding carboxylic acids is 1. The van der Waals surface area contributed by atoms with Crippen molar-refractivity contribution in [1.29, 1.82) is 0 Å². The van der Waals surface area contributed by atoms with E-state index in [2.05, 4.69) is 0 Å². The predicted molar refractivity (Wildman–Crippen MR) is 51.8 cm³/mol. The topological polar surface area (TPSA) is 35.5 Å². The van der Waals surface area contributed by atoms with Crippen LogP contribution in [0, 0.1) is 0 Å². The van der Waals surface area contributed by atoms with Crippen molar-refractivity contribution >= 4 is 5.97 Å². The number of fused-ring (bicyclic) bond motifs is 2. The number of esters is 1. The molecule has 2 bridgehead atoms. The third kappa shape index (κ3) is 2.15. The summed E-state index contributed by atoms with van der Waals surface area (Å²) in [6.07, 6.45) is 6.47. The molecular formula is C11H16O3. The lowest BCUT2D eigenvalue weighted by Crippen LogP contribution is -2.19. The van der Waals surface area contributed by atoms with Gasteiger partial charge in [0.2, 0.25) is 0 Å². The lowest BCUT2D eigenvalue weighted by atomic mass is 10.0.